The molecule has 1 fully saturated rings. The van der Waals surface area contributed by atoms with Crippen LogP contribution in [-0.2, 0) is 24.7 Å². The molecule has 0 bridgehead atoms. The molecule has 0 aliphatic carbocycles. The number of hydrogen-bond acceptors (Lipinski definition) is 11. The van der Waals surface area contributed by atoms with Gasteiger partial charge < -0.3 is 21.2 Å². The molecule has 0 saturated carbocycles. The van der Waals surface area contributed by atoms with Gasteiger partial charge in [0.2, 0.25) is 0 Å². The highest BCUT2D eigenvalue weighted by atomic mass is 32.2. The van der Waals surface area contributed by atoms with Gasteiger partial charge in [-0.25, -0.2) is 9.29 Å². The number of nitrogens with zero attached hydrogens (tertiary/aromatic N) is 3. The van der Waals surface area contributed by atoms with E-state index in [9.17, 15) is 27.4 Å². The van der Waals surface area contributed by atoms with Crippen molar-refractivity contribution in [3.8, 4) is 0 Å². The largest absolute Gasteiger partial charge is 0.398 e. The van der Waals surface area contributed by atoms with E-state index in [1.165, 1.54) is 19.5 Å². The molecule has 154 valence electrons. The van der Waals surface area contributed by atoms with Crippen molar-refractivity contribution in [2.75, 3.05) is 25.6 Å². The fourth-order valence-corrected chi connectivity index (χ4v) is 4.59. The standard InChI is InChI=1S/C12H16N6O7S3/c1-14-12(21)27-4-6-8(10(20)18(6)28(22,23)24)16-9(19)7(17-25-2)5-3-26-11(13)15-5/h3,6,8H,4H2,1-2H3,(H2,13,15)(H,14,21)(H,16,19)(H,22,23,24)/b17-7-/t6-,8+/m1/s1. The van der Waals surface area contributed by atoms with Crippen molar-refractivity contribution >= 4 is 61.3 Å². The Morgan fingerprint density at radius 3 is 2.71 bits per heavy atom. The molecule has 2 rings (SSSR count). The summed E-state index contributed by atoms with van der Waals surface area (Å²) in [6, 6.07) is -2.50. The van der Waals surface area contributed by atoms with Gasteiger partial charge in [-0.15, -0.1) is 11.3 Å². The number of amides is 3. The Bertz CT molecular complexity index is 915. The number of anilines is 1. The highest BCUT2D eigenvalue weighted by Gasteiger charge is 2.54. The van der Waals surface area contributed by atoms with Gasteiger partial charge >= 0.3 is 10.3 Å². The van der Waals surface area contributed by atoms with Gasteiger partial charge in [0.25, 0.3) is 17.1 Å². The number of carbonyl (C=O) groups is 3. The number of nitrogens with two attached hydrogens (primary N) is 1. The second-order valence-corrected chi connectivity index (χ2v) is 8.34. The van der Waals surface area contributed by atoms with Crippen LogP contribution in [0.4, 0.5) is 9.93 Å². The molecule has 13 nitrogen and oxygen atoms in total. The summed E-state index contributed by atoms with van der Waals surface area (Å²) < 4.78 is 32.2. The average molecular weight is 452 g/mol. The van der Waals surface area contributed by atoms with E-state index in [0.29, 0.717) is 11.8 Å². The Morgan fingerprint density at radius 1 is 1.54 bits per heavy atom. The van der Waals surface area contributed by atoms with E-state index in [1.807, 2.05) is 0 Å². The molecule has 1 aromatic rings. The van der Waals surface area contributed by atoms with E-state index in [4.69, 9.17) is 5.73 Å². The first-order valence-corrected chi connectivity index (χ1v) is 10.6. The minimum atomic E-state index is -4.86. The van der Waals surface area contributed by atoms with Crippen LogP contribution in [0.15, 0.2) is 10.5 Å². The van der Waals surface area contributed by atoms with Crippen molar-refractivity contribution in [3.05, 3.63) is 11.1 Å². The van der Waals surface area contributed by atoms with Crippen molar-refractivity contribution in [2.45, 2.75) is 12.1 Å². The van der Waals surface area contributed by atoms with Crippen LogP contribution in [0.2, 0.25) is 0 Å². The SMILES string of the molecule is CNC(=O)SC[C@@H]1[C@H](NC(=O)/C(=N\OC)c2csc(N)n2)C(=O)N1S(=O)(=O)O. The zero-order valence-corrected chi connectivity index (χ0v) is 16.9. The Balaban J connectivity index is 2.21. The number of carbonyl (C=O) groups excluding carboxylic acids is 3. The molecule has 0 spiro atoms. The number of nitrogen functional groups attached to an aromatic ring is 1. The molecule has 1 saturated heterocycles. The summed E-state index contributed by atoms with van der Waals surface area (Å²) >= 11 is 1.73. The van der Waals surface area contributed by atoms with Gasteiger partial charge in [0.05, 0.1) is 6.04 Å². The van der Waals surface area contributed by atoms with Crippen molar-refractivity contribution in [2.24, 2.45) is 5.16 Å². The monoisotopic (exact) mass is 452 g/mol. The van der Waals surface area contributed by atoms with Crippen LogP contribution in [0.5, 0.6) is 0 Å². The van der Waals surface area contributed by atoms with E-state index in [2.05, 4.69) is 25.6 Å². The lowest BCUT2D eigenvalue weighted by atomic mass is 10.0. The Labute approximate surface area is 167 Å². The first kappa shape index (κ1) is 21.9. The third kappa shape index (κ3) is 4.70. The molecule has 1 aromatic heterocycles. The van der Waals surface area contributed by atoms with Crippen LogP contribution >= 0.6 is 23.1 Å². The smallest absolute Gasteiger partial charge is 0.362 e. The van der Waals surface area contributed by atoms with Crippen molar-refractivity contribution < 1.29 is 32.2 Å². The molecule has 16 heteroatoms. The van der Waals surface area contributed by atoms with E-state index >= 15 is 0 Å². The van der Waals surface area contributed by atoms with Crippen molar-refractivity contribution in [1.82, 2.24) is 19.9 Å². The predicted octanol–water partition coefficient (Wildman–Crippen LogP) is -1.35. The first-order valence-electron chi connectivity index (χ1n) is 7.38. The molecule has 1 aliphatic rings. The number of thioether (sulfide) groups is 1. The molecule has 28 heavy (non-hydrogen) atoms. The lowest BCUT2D eigenvalue weighted by Crippen LogP contribution is -2.73. The lowest BCUT2D eigenvalue weighted by molar-refractivity contribution is -0.143. The van der Waals surface area contributed by atoms with Gasteiger partial charge in [0, 0.05) is 18.2 Å². The van der Waals surface area contributed by atoms with Gasteiger partial charge in [0.1, 0.15) is 18.8 Å². The third-order valence-electron chi connectivity index (χ3n) is 3.46. The van der Waals surface area contributed by atoms with Crippen LogP contribution < -0.4 is 16.4 Å². The number of aromatic nitrogens is 1. The summed E-state index contributed by atoms with van der Waals surface area (Å²) in [5, 5.41) is 9.31. The summed E-state index contributed by atoms with van der Waals surface area (Å²) in [6.45, 7) is 0. The van der Waals surface area contributed by atoms with Crippen LogP contribution in [0.3, 0.4) is 0 Å². The summed E-state index contributed by atoms with van der Waals surface area (Å²) in [4.78, 5) is 44.6. The number of rotatable bonds is 7. The lowest BCUT2D eigenvalue weighted by Gasteiger charge is -2.43. The van der Waals surface area contributed by atoms with E-state index in [0.717, 1.165) is 11.3 Å². The Kier molecular flexibility index (Phi) is 6.81. The minimum Gasteiger partial charge on any atom is -0.398 e. The molecule has 0 unspecified atom stereocenters. The Hall–Kier alpha value is -2.43. The summed E-state index contributed by atoms with van der Waals surface area (Å²) in [5.74, 6) is -2.14. The van der Waals surface area contributed by atoms with Crippen LogP contribution in [0.25, 0.3) is 0 Å². The topological polar surface area (TPSA) is 193 Å². The number of hydrogen-bond donors (Lipinski definition) is 4. The van der Waals surface area contributed by atoms with Crippen molar-refractivity contribution in [3.63, 3.8) is 0 Å². The zero-order chi connectivity index (χ0) is 21.1. The van der Waals surface area contributed by atoms with Gasteiger partial charge in [-0.3, -0.25) is 18.9 Å². The normalized spacial score (nSPS) is 19.8. The number of thiazole rings is 1. The van der Waals surface area contributed by atoms with Crippen LogP contribution in [0, 0.1) is 0 Å². The fraction of sp³-hybridized carbons (Fsp3) is 0.417. The Morgan fingerprint density at radius 2 is 2.21 bits per heavy atom. The molecule has 3 amide bonds. The second-order valence-electron chi connectivity index (χ2n) is 5.17. The number of oxime groups is 1. The molecule has 5 N–H and O–H groups in total. The van der Waals surface area contributed by atoms with E-state index < -0.39 is 39.4 Å². The zero-order valence-electron chi connectivity index (χ0n) is 14.5. The summed E-state index contributed by atoms with van der Waals surface area (Å²) in [5.41, 5.74) is 5.33. The first-order chi connectivity index (χ1) is 13.1. The van der Waals surface area contributed by atoms with E-state index in [-0.39, 0.29) is 26.6 Å². The molecule has 0 radical (unpaired) electrons. The number of β-lactam (4-membered cyclic amide) rings is 1. The highest BCUT2D eigenvalue weighted by Crippen LogP contribution is 2.27. The second kappa shape index (κ2) is 8.72. The maximum Gasteiger partial charge on any atom is 0.362 e. The molecular weight excluding hydrogens is 436 g/mol. The van der Waals surface area contributed by atoms with Gasteiger partial charge in [-0.1, -0.05) is 16.9 Å². The van der Waals surface area contributed by atoms with E-state index in [1.54, 1.807) is 0 Å². The third-order valence-corrected chi connectivity index (χ3v) is 6.05. The summed E-state index contributed by atoms with van der Waals surface area (Å²) in [6.07, 6.45) is 0. The minimum absolute atomic E-state index is 0.0940. The van der Waals surface area contributed by atoms with Gasteiger partial charge in [0.15, 0.2) is 10.8 Å². The quantitative estimate of drug-likeness (QED) is 0.166. The van der Waals surface area contributed by atoms with Gasteiger partial charge in [-0.2, -0.15) is 8.42 Å². The van der Waals surface area contributed by atoms with Crippen LogP contribution in [0.1, 0.15) is 5.69 Å². The molecule has 2 atom stereocenters. The van der Waals surface area contributed by atoms with Crippen molar-refractivity contribution in [1.29, 1.82) is 0 Å². The highest BCUT2D eigenvalue weighted by molar-refractivity contribution is 8.13. The fourth-order valence-electron chi connectivity index (χ4n) is 2.26. The molecule has 2 heterocycles. The predicted molar refractivity (Wildman–Crippen MR) is 101 cm³/mol. The average Bonchev–Trinajstić information content (AvgIpc) is 3.04. The maximum absolute atomic E-state index is 12.5. The molecule has 1 aliphatic heterocycles. The summed E-state index contributed by atoms with van der Waals surface area (Å²) in [7, 11) is -2.30. The maximum atomic E-state index is 12.5. The van der Waals surface area contributed by atoms with Crippen LogP contribution in [-0.4, -0.2) is 77.0 Å². The molecule has 0 aromatic carbocycles. The van der Waals surface area contributed by atoms with Gasteiger partial charge in [-0.05, 0) is 0 Å². The molecular formula is C12H16N6O7S3. The number of nitrogens with one attached hydrogen (secondary N) is 2.